The third-order valence-electron chi connectivity index (χ3n) is 2.35. The van der Waals surface area contributed by atoms with Crippen molar-refractivity contribution in [1.82, 2.24) is 4.90 Å². The monoisotopic (exact) mass is 339 g/mol. The number of para-hydroxylation sites is 1. The van der Waals surface area contributed by atoms with Crippen molar-refractivity contribution in [3.05, 3.63) is 29.8 Å². The van der Waals surface area contributed by atoms with Crippen LogP contribution in [0.15, 0.2) is 24.3 Å². The van der Waals surface area contributed by atoms with Crippen LogP contribution in [-0.2, 0) is 0 Å². The van der Waals surface area contributed by atoms with Crippen molar-refractivity contribution < 1.29 is 22.7 Å². The first-order valence-electron chi connectivity index (χ1n) is 5.44. The van der Waals surface area contributed by atoms with Crippen molar-refractivity contribution in [2.75, 3.05) is 25.5 Å². The molecule has 1 rings (SSSR count). The Hall–Kier alpha value is -1.24. The summed E-state index contributed by atoms with van der Waals surface area (Å²) in [6, 6.07) is 6.20. The fourth-order valence-electron chi connectivity index (χ4n) is 1.56. The number of rotatable bonds is 5. The van der Waals surface area contributed by atoms with E-state index in [1.165, 1.54) is 19.2 Å². The quantitative estimate of drug-likeness (QED) is 0.771. The van der Waals surface area contributed by atoms with Gasteiger partial charge >= 0.3 is 6.18 Å². The number of hydrogen-bond donors (Lipinski definition) is 0. The summed E-state index contributed by atoms with van der Waals surface area (Å²) < 4.78 is 42.3. The topological polar surface area (TPSA) is 29.5 Å². The van der Waals surface area contributed by atoms with Crippen LogP contribution < -0.4 is 4.74 Å². The summed E-state index contributed by atoms with van der Waals surface area (Å²) in [7, 11) is 1.37. The third kappa shape index (κ3) is 4.74. The number of amides is 1. The van der Waals surface area contributed by atoms with Gasteiger partial charge in [0, 0.05) is 11.9 Å². The van der Waals surface area contributed by atoms with E-state index < -0.39 is 18.6 Å². The minimum atomic E-state index is -4.43. The van der Waals surface area contributed by atoms with E-state index in [4.69, 9.17) is 4.74 Å². The van der Waals surface area contributed by atoms with Crippen molar-refractivity contribution in [3.63, 3.8) is 0 Å². The molecule has 7 heteroatoms. The Bertz CT molecular complexity index is 437. The number of carbonyl (C=O) groups is 1. The van der Waals surface area contributed by atoms with Crippen molar-refractivity contribution >= 4 is 21.8 Å². The van der Waals surface area contributed by atoms with Crippen LogP contribution in [0.4, 0.5) is 13.2 Å². The normalized spacial score (nSPS) is 11.2. The average molecular weight is 340 g/mol. The highest BCUT2D eigenvalue weighted by molar-refractivity contribution is 9.09. The molecule has 0 aliphatic carbocycles. The summed E-state index contributed by atoms with van der Waals surface area (Å²) in [6.45, 7) is -1.31. The molecule has 0 aromatic heterocycles. The molecule has 0 spiro atoms. The predicted molar refractivity (Wildman–Crippen MR) is 68.7 cm³/mol. The third-order valence-corrected chi connectivity index (χ3v) is 2.70. The van der Waals surface area contributed by atoms with Crippen LogP contribution in [0.2, 0.25) is 0 Å². The van der Waals surface area contributed by atoms with Crippen molar-refractivity contribution in [3.8, 4) is 5.75 Å². The number of halogens is 4. The zero-order valence-electron chi connectivity index (χ0n) is 10.2. The molecule has 0 unspecified atom stereocenters. The molecule has 0 atom stereocenters. The van der Waals surface area contributed by atoms with E-state index in [0.29, 0.717) is 0 Å². The highest BCUT2D eigenvalue weighted by Crippen LogP contribution is 2.22. The molecule has 0 bridgehead atoms. The minimum absolute atomic E-state index is 0.0314. The Labute approximate surface area is 117 Å². The average Bonchev–Trinajstić information content (AvgIpc) is 2.36. The summed E-state index contributed by atoms with van der Waals surface area (Å²) >= 11 is 3.04. The van der Waals surface area contributed by atoms with Crippen LogP contribution in [0, 0.1) is 0 Å². The Balaban J connectivity index is 2.99. The summed E-state index contributed by atoms with van der Waals surface area (Å²) in [5.74, 6) is -0.441. The minimum Gasteiger partial charge on any atom is -0.496 e. The molecule has 106 valence electrons. The molecule has 0 aliphatic heterocycles. The molecular formula is C12H13BrF3NO2. The van der Waals surface area contributed by atoms with Gasteiger partial charge in [-0.25, -0.2) is 0 Å². The molecule has 1 aromatic carbocycles. The first kappa shape index (κ1) is 15.8. The van der Waals surface area contributed by atoms with Gasteiger partial charge in [0.2, 0.25) is 0 Å². The van der Waals surface area contributed by atoms with E-state index >= 15 is 0 Å². The summed E-state index contributed by atoms with van der Waals surface area (Å²) in [4.78, 5) is 12.9. The number of methoxy groups -OCH3 is 1. The lowest BCUT2D eigenvalue weighted by Gasteiger charge is -2.23. The van der Waals surface area contributed by atoms with Crippen molar-refractivity contribution in [2.24, 2.45) is 0 Å². The van der Waals surface area contributed by atoms with E-state index in [2.05, 4.69) is 15.9 Å². The number of carbonyl (C=O) groups excluding carboxylic acids is 1. The van der Waals surface area contributed by atoms with Crippen LogP contribution >= 0.6 is 15.9 Å². The number of benzene rings is 1. The molecule has 0 saturated heterocycles. The lowest BCUT2D eigenvalue weighted by atomic mass is 10.1. The number of alkyl halides is 4. The second kappa shape index (κ2) is 6.79. The van der Waals surface area contributed by atoms with Gasteiger partial charge in [0.05, 0.1) is 12.7 Å². The molecule has 0 radical (unpaired) electrons. The Morgan fingerprint density at radius 3 is 2.53 bits per heavy atom. The number of hydrogen-bond acceptors (Lipinski definition) is 2. The van der Waals surface area contributed by atoms with E-state index in [1.807, 2.05) is 0 Å². The zero-order valence-corrected chi connectivity index (χ0v) is 11.8. The van der Waals surface area contributed by atoms with Gasteiger partial charge in [0.25, 0.3) is 5.91 Å². The first-order valence-corrected chi connectivity index (χ1v) is 6.56. The molecule has 0 aliphatic rings. The Morgan fingerprint density at radius 2 is 2.00 bits per heavy atom. The van der Waals surface area contributed by atoms with Crippen LogP contribution in [0.25, 0.3) is 0 Å². The number of ether oxygens (including phenoxy) is 1. The SMILES string of the molecule is COc1ccccc1C(=O)N(CCBr)CC(F)(F)F. The van der Waals surface area contributed by atoms with Gasteiger partial charge in [0.1, 0.15) is 12.3 Å². The van der Waals surface area contributed by atoms with Crippen LogP contribution in [0.1, 0.15) is 10.4 Å². The fourth-order valence-corrected chi connectivity index (χ4v) is 1.99. The van der Waals surface area contributed by atoms with Gasteiger partial charge in [-0.05, 0) is 12.1 Å². The smallest absolute Gasteiger partial charge is 0.406 e. The van der Waals surface area contributed by atoms with Crippen LogP contribution in [0.3, 0.4) is 0 Å². The van der Waals surface area contributed by atoms with Gasteiger partial charge in [-0.15, -0.1) is 0 Å². The fraction of sp³-hybridized carbons (Fsp3) is 0.417. The van der Waals surface area contributed by atoms with Crippen molar-refractivity contribution in [1.29, 1.82) is 0 Å². The number of nitrogens with zero attached hydrogens (tertiary/aromatic N) is 1. The van der Waals surface area contributed by atoms with Gasteiger partial charge in [-0.3, -0.25) is 4.79 Å². The molecule has 19 heavy (non-hydrogen) atoms. The van der Waals surface area contributed by atoms with E-state index in [9.17, 15) is 18.0 Å². The molecule has 1 amide bonds. The van der Waals surface area contributed by atoms with Crippen molar-refractivity contribution in [2.45, 2.75) is 6.18 Å². The van der Waals surface area contributed by atoms with E-state index in [-0.39, 0.29) is 23.2 Å². The maximum Gasteiger partial charge on any atom is 0.406 e. The van der Waals surface area contributed by atoms with Crippen LogP contribution in [0.5, 0.6) is 5.75 Å². The van der Waals surface area contributed by atoms with Gasteiger partial charge in [-0.2, -0.15) is 13.2 Å². The Morgan fingerprint density at radius 1 is 1.37 bits per heavy atom. The summed E-state index contributed by atoms with van der Waals surface area (Å²) in [5.41, 5.74) is 0.121. The van der Waals surface area contributed by atoms with Gasteiger partial charge in [0.15, 0.2) is 0 Å². The highest BCUT2D eigenvalue weighted by atomic mass is 79.9. The molecule has 0 heterocycles. The van der Waals surface area contributed by atoms with Crippen LogP contribution in [-0.4, -0.2) is 42.5 Å². The summed E-state index contributed by atoms with van der Waals surface area (Å²) in [5, 5.41) is 0.268. The lowest BCUT2D eigenvalue weighted by Crippen LogP contribution is -2.40. The molecule has 0 fully saturated rings. The maximum atomic E-state index is 12.4. The highest BCUT2D eigenvalue weighted by Gasteiger charge is 2.33. The molecular weight excluding hydrogens is 327 g/mol. The second-order valence-corrected chi connectivity index (χ2v) is 4.52. The molecule has 3 nitrogen and oxygen atoms in total. The standard InChI is InChI=1S/C12H13BrF3NO2/c1-19-10-5-3-2-4-9(10)11(18)17(7-6-13)8-12(14,15)16/h2-5H,6-8H2,1H3. The largest absolute Gasteiger partial charge is 0.496 e. The second-order valence-electron chi connectivity index (χ2n) is 3.73. The summed E-state index contributed by atoms with van der Waals surface area (Å²) in [6.07, 6.45) is -4.43. The zero-order chi connectivity index (χ0) is 14.5. The maximum absolute atomic E-state index is 12.4. The molecule has 1 aromatic rings. The van der Waals surface area contributed by atoms with Gasteiger partial charge < -0.3 is 9.64 Å². The molecule has 0 N–H and O–H groups in total. The Kier molecular flexibility index (Phi) is 5.65. The lowest BCUT2D eigenvalue weighted by molar-refractivity contribution is -0.140. The molecule has 0 saturated carbocycles. The van der Waals surface area contributed by atoms with Gasteiger partial charge in [-0.1, -0.05) is 28.1 Å². The van der Waals surface area contributed by atoms with E-state index in [1.54, 1.807) is 12.1 Å². The predicted octanol–water partition coefficient (Wildman–Crippen LogP) is 3.09. The first-order chi connectivity index (χ1) is 8.89. The van der Waals surface area contributed by atoms with E-state index in [0.717, 1.165) is 4.90 Å².